The van der Waals surface area contributed by atoms with E-state index in [4.69, 9.17) is 4.74 Å². The molecule has 0 aliphatic carbocycles. The molecule has 1 aliphatic rings. The number of rotatable bonds is 6. The number of carbonyl (C=O) groups is 1. The van der Waals surface area contributed by atoms with Crippen molar-refractivity contribution in [3.05, 3.63) is 66.0 Å². The zero-order chi connectivity index (χ0) is 18.2. The Labute approximate surface area is 153 Å². The van der Waals surface area contributed by atoms with Crippen LogP contribution in [0.15, 0.2) is 54.6 Å². The van der Waals surface area contributed by atoms with Gasteiger partial charge in [0, 0.05) is 32.2 Å². The number of anilines is 1. The normalized spacial score (nSPS) is 17.0. The predicted octanol–water partition coefficient (Wildman–Crippen LogP) is 3.24. The molecule has 1 heterocycles. The molecule has 0 aromatic heterocycles. The lowest BCUT2D eigenvalue weighted by atomic mass is 10.1. The maximum absolute atomic E-state index is 13.6. The van der Waals surface area contributed by atoms with Crippen LogP contribution in [0.25, 0.3) is 0 Å². The van der Waals surface area contributed by atoms with Crippen molar-refractivity contribution in [1.82, 2.24) is 10.2 Å². The van der Waals surface area contributed by atoms with Crippen LogP contribution < -0.4 is 10.6 Å². The molecule has 0 spiro atoms. The molecule has 0 radical (unpaired) electrons. The van der Waals surface area contributed by atoms with Gasteiger partial charge in [-0.05, 0) is 24.1 Å². The van der Waals surface area contributed by atoms with Crippen LogP contribution in [0.2, 0.25) is 0 Å². The third-order valence-corrected chi connectivity index (χ3v) is 4.40. The molecule has 5 nitrogen and oxygen atoms in total. The molecule has 0 saturated carbocycles. The van der Waals surface area contributed by atoms with Gasteiger partial charge in [-0.25, -0.2) is 9.18 Å². The van der Waals surface area contributed by atoms with Gasteiger partial charge in [0.2, 0.25) is 0 Å². The number of para-hydroxylation sites is 1. The van der Waals surface area contributed by atoms with Gasteiger partial charge in [-0.3, -0.25) is 0 Å². The fraction of sp³-hybridized carbons (Fsp3) is 0.350. The summed E-state index contributed by atoms with van der Waals surface area (Å²) >= 11 is 0. The number of nitrogens with one attached hydrogen (secondary N) is 2. The third-order valence-electron chi connectivity index (χ3n) is 4.40. The highest BCUT2D eigenvalue weighted by Crippen LogP contribution is 2.13. The zero-order valence-electron chi connectivity index (χ0n) is 14.7. The Kier molecular flexibility index (Phi) is 6.44. The molecule has 3 rings (SSSR count). The van der Waals surface area contributed by atoms with Crippen LogP contribution in [-0.4, -0.2) is 43.2 Å². The minimum atomic E-state index is -0.289. The van der Waals surface area contributed by atoms with Crippen LogP contribution >= 0.6 is 0 Å². The Bertz CT molecular complexity index is 711. The first kappa shape index (κ1) is 18.2. The third kappa shape index (κ3) is 5.20. The van der Waals surface area contributed by atoms with Crippen molar-refractivity contribution in [3.63, 3.8) is 0 Å². The molecule has 2 aromatic carbocycles. The van der Waals surface area contributed by atoms with Crippen molar-refractivity contribution in [2.75, 3.05) is 31.5 Å². The first-order valence-electron chi connectivity index (χ1n) is 8.90. The molecular formula is C20H24FN3O2. The number of nitrogens with zero attached hydrogens (tertiary/aromatic N) is 1. The maximum atomic E-state index is 13.6. The number of ether oxygens (including phenoxy) is 1. The van der Waals surface area contributed by atoms with Gasteiger partial charge < -0.3 is 20.3 Å². The molecule has 138 valence electrons. The highest BCUT2D eigenvalue weighted by molar-refractivity contribution is 5.67. The Balaban J connectivity index is 1.42. The Hall–Kier alpha value is -2.60. The monoisotopic (exact) mass is 357 g/mol. The van der Waals surface area contributed by atoms with Crippen LogP contribution in [0, 0.1) is 5.82 Å². The van der Waals surface area contributed by atoms with Gasteiger partial charge in [0.1, 0.15) is 12.4 Å². The van der Waals surface area contributed by atoms with Crippen LogP contribution in [0.4, 0.5) is 14.9 Å². The maximum Gasteiger partial charge on any atom is 0.410 e. The average molecular weight is 357 g/mol. The second kappa shape index (κ2) is 9.20. The fourth-order valence-corrected chi connectivity index (χ4v) is 2.98. The quantitative estimate of drug-likeness (QED) is 0.833. The highest BCUT2D eigenvalue weighted by atomic mass is 19.1. The number of carbonyl (C=O) groups excluding carboxylic acids is 1. The second-order valence-corrected chi connectivity index (χ2v) is 6.33. The fourth-order valence-electron chi connectivity index (χ4n) is 2.98. The molecule has 1 amide bonds. The lowest BCUT2D eigenvalue weighted by molar-refractivity contribution is 0.0845. The van der Waals surface area contributed by atoms with E-state index in [1.165, 1.54) is 6.07 Å². The minimum absolute atomic E-state index is 0.160. The summed E-state index contributed by atoms with van der Waals surface area (Å²) < 4.78 is 19.0. The van der Waals surface area contributed by atoms with Crippen molar-refractivity contribution in [2.45, 2.75) is 19.1 Å². The zero-order valence-corrected chi connectivity index (χ0v) is 14.7. The van der Waals surface area contributed by atoms with Gasteiger partial charge in [-0.15, -0.1) is 0 Å². The standard InChI is InChI=1S/C20H24FN3O2/c21-18-8-4-5-9-19(18)23-11-10-17-14-24(13-12-22-17)20(25)26-15-16-6-2-1-3-7-16/h1-9,17,22-23H,10-15H2/t17-/m1/s1. The van der Waals surface area contributed by atoms with Crippen molar-refractivity contribution in [1.29, 1.82) is 0 Å². The molecule has 1 aliphatic heterocycles. The van der Waals surface area contributed by atoms with Crippen LogP contribution in [-0.2, 0) is 11.3 Å². The summed E-state index contributed by atoms with van der Waals surface area (Å²) in [6.45, 7) is 2.86. The average Bonchev–Trinajstić information content (AvgIpc) is 2.69. The molecule has 2 N–H and O–H groups in total. The Morgan fingerprint density at radius 3 is 2.77 bits per heavy atom. The number of amides is 1. The van der Waals surface area contributed by atoms with Crippen LogP contribution in [0.5, 0.6) is 0 Å². The largest absolute Gasteiger partial charge is 0.445 e. The summed E-state index contributed by atoms with van der Waals surface area (Å²) in [4.78, 5) is 14.0. The molecule has 1 atom stereocenters. The van der Waals surface area contributed by atoms with Gasteiger partial charge in [-0.2, -0.15) is 0 Å². The van der Waals surface area contributed by atoms with E-state index in [1.54, 1.807) is 23.1 Å². The molecule has 2 aromatic rings. The molecule has 26 heavy (non-hydrogen) atoms. The van der Waals surface area contributed by atoms with E-state index >= 15 is 0 Å². The van der Waals surface area contributed by atoms with E-state index in [2.05, 4.69) is 10.6 Å². The summed E-state index contributed by atoms with van der Waals surface area (Å²) in [6.07, 6.45) is 0.499. The summed E-state index contributed by atoms with van der Waals surface area (Å²) in [5.74, 6) is -0.254. The molecule has 6 heteroatoms. The molecule has 0 unspecified atom stereocenters. The van der Waals surface area contributed by atoms with E-state index in [0.717, 1.165) is 18.5 Å². The van der Waals surface area contributed by atoms with E-state index in [1.807, 2.05) is 30.3 Å². The summed E-state index contributed by atoms with van der Waals surface area (Å²) in [7, 11) is 0. The first-order chi connectivity index (χ1) is 12.7. The molecular weight excluding hydrogens is 333 g/mol. The lowest BCUT2D eigenvalue weighted by Gasteiger charge is -2.33. The minimum Gasteiger partial charge on any atom is -0.445 e. The van der Waals surface area contributed by atoms with Gasteiger partial charge in [0.25, 0.3) is 0 Å². The second-order valence-electron chi connectivity index (χ2n) is 6.33. The predicted molar refractivity (Wildman–Crippen MR) is 99.5 cm³/mol. The van der Waals surface area contributed by atoms with Gasteiger partial charge >= 0.3 is 6.09 Å². The van der Waals surface area contributed by atoms with Gasteiger partial charge in [0.05, 0.1) is 5.69 Å². The number of hydrogen-bond acceptors (Lipinski definition) is 4. The number of hydrogen-bond donors (Lipinski definition) is 2. The van der Waals surface area contributed by atoms with E-state index in [0.29, 0.717) is 25.3 Å². The SMILES string of the molecule is O=C(OCc1ccccc1)N1CCN[C@H](CCNc2ccccc2F)C1. The van der Waals surface area contributed by atoms with E-state index < -0.39 is 0 Å². The summed E-state index contributed by atoms with van der Waals surface area (Å²) in [6, 6.07) is 16.4. The van der Waals surface area contributed by atoms with Crippen molar-refractivity contribution >= 4 is 11.8 Å². The van der Waals surface area contributed by atoms with E-state index in [9.17, 15) is 9.18 Å². The lowest BCUT2D eigenvalue weighted by Crippen LogP contribution is -2.53. The smallest absolute Gasteiger partial charge is 0.410 e. The molecule has 1 saturated heterocycles. The van der Waals surface area contributed by atoms with Gasteiger partial charge in [-0.1, -0.05) is 42.5 Å². The number of piperazine rings is 1. The summed E-state index contributed by atoms with van der Waals surface area (Å²) in [5.41, 5.74) is 1.48. The van der Waals surface area contributed by atoms with Crippen LogP contribution in [0.1, 0.15) is 12.0 Å². The van der Waals surface area contributed by atoms with Gasteiger partial charge in [0.15, 0.2) is 0 Å². The molecule has 0 bridgehead atoms. The highest BCUT2D eigenvalue weighted by Gasteiger charge is 2.24. The van der Waals surface area contributed by atoms with E-state index in [-0.39, 0.29) is 24.6 Å². The molecule has 1 fully saturated rings. The van der Waals surface area contributed by atoms with Crippen molar-refractivity contribution < 1.29 is 13.9 Å². The topological polar surface area (TPSA) is 53.6 Å². The summed E-state index contributed by atoms with van der Waals surface area (Å²) in [5, 5.41) is 6.50. The number of halogens is 1. The van der Waals surface area contributed by atoms with Crippen LogP contribution in [0.3, 0.4) is 0 Å². The Morgan fingerprint density at radius 2 is 1.96 bits per heavy atom. The number of benzene rings is 2. The Morgan fingerprint density at radius 1 is 1.19 bits per heavy atom. The van der Waals surface area contributed by atoms with Crippen molar-refractivity contribution in [3.8, 4) is 0 Å². The van der Waals surface area contributed by atoms with Crippen molar-refractivity contribution in [2.24, 2.45) is 0 Å². The first-order valence-corrected chi connectivity index (χ1v) is 8.90.